The van der Waals surface area contributed by atoms with E-state index >= 15 is 0 Å². The minimum absolute atomic E-state index is 0.0405. The number of hydrogen-bond donors (Lipinski definition) is 0. The molecule has 1 saturated carbocycles. The van der Waals surface area contributed by atoms with Gasteiger partial charge in [-0.1, -0.05) is 12.1 Å². The van der Waals surface area contributed by atoms with Crippen LogP contribution in [0.5, 0.6) is 0 Å². The molecule has 0 N–H and O–H groups in total. The number of alkyl halides is 3. The van der Waals surface area contributed by atoms with Gasteiger partial charge in [-0.05, 0) is 38.2 Å². The third-order valence-corrected chi connectivity index (χ3v) is 5.73. The van der Waals surface area contributed by atoms with Crippen LogP contribution >= 0.6 is 0 Å². The van der Waals surface area contributed by atoms with E-state index in [2.05, 4.69) is 15.2 Å². The zero-order valence-electron chi connectivity index (χ0n) is 16.3. The summed E-state index contributed by atoms with van der Waals surface area (Å²) < 4.78 is 47.0. The predicted molar refractivity (Wildman–Crippen MR) is 98.9 cm³/mol. The maximum absolute atomic E-state index is 13.6. The fraction of sp³-hybridized carbons (Fsp3) is 0.500. The van der Waals surface area contributed by atoms with Crippen LogP contribution < -0.4 is 0 Å². The zero-order chi connectivity index (χ0) is 21.0. The second-order valence-corrected chi connectivity index (χ2v) is 7.87. The molecular weight excluding hydrogens is 399 g/mol. The number of amides is 1. The Morgan fingerprint density at radius 1 is 1.23 bits per heavy atom. The molecule has 158 valence electrons. The lowest BCUT2D eigenvalue weighted by Crippen LogP contribution is -2.30. The number of likely N-dealkylation sites (tertiary alicyclic amines) is 1. The van der Waals surface area contributed by atoms with E-state index in [9.17, 15) is 18.0 Å². The Kier molecular flexibility index (Phi) is 4.33. The largest absolute Gasteiger partial charge is 0.433 e. The second-order valence-electron chi connectivity index (χ2n) is 7.87. The Morgan fingerprint density at radius 3 is 2.70 bits per heavy atom. The van der Waals surface area contributed by atoms with Gasteiger partial charge in [-0.2, -0.15) is 18.3 Å². The van der Waals surface area contributed by atoms with Gasteiger partial charge in [0.15, 0.2) is 17.1 Å². The molecular formula is C20H20F3N5O2. The van der Waals surface area contributed by atoms with E-state index in [1.54, 1.807) is 4.90 Å². The summed E-state index contributed by atoms with van der Waals surface area (Å²) in [4.78, 5) is 19.1. The Bertz CT molecular complexity index is 1120. The fourth-order valence-corrected chi connectivity index (χ4v) is 3.99. The molecule has 0 unspecified atom stereocenters. The molecule has 0 aromatic carbocycles. The average molecular weight is 419 g/mol. The lowest BCUT2D eigenvalue weighted by molar-refractivity contribution is -0.142. The van der Waals surface area contributed by atoms with Crippen molar-refractivity contribution < 1.29 is 22.5 Å². The maximum Gasteiger partial charge on any atom is 0.433 e. The molecule has 3 aromatic rings. The molecule has 2 aliphatic rings. The summed E-state index contributed by atoms with van der Waals surface area (Å²) in [6.07, 6.45) is -0.756. The number of aryl methyl sites for hydroxylation is 1. The van der Waals surface area contributed by atoms with Crippen molar-refractivity contribution >= 4 is 11.6 Å². The summed E-state index contributed by atoms with van der Waals surface area (Å²) in [5.74, 6) is 0.206. The average Bonchev–Trinajstić information content (AvgIpc) is 3.11. The first-order valence-corrected chi connectivity index (χ1v) is 10.1. The molecule has 3 aromatic heterocycles. The summed E-state index contributed by atoms with van der Waals surface area (Å²) in [6.45, 7) is 2.43. The monoisotopic (exact) mass is 419 g/mol. The highest BCUT2D eigenvalue weighted by Crippen LogP contribution is 2.41. The van der Waals surface area contributed by atoms with Gasteiger partial charge in [0.2, 0.25) is 0 Å². The number of carbonyl (C=O) groups excluding carboxylic acids is 1. The van der Waals surface area contributed by atoms with Gasteiger partial charge < -0.3 is 9.42 Å². The first kappa shape index (κ1) is 19.1. The van der Waals surface area contributed by atoms with Crippen LogP contribution in [0, 0.1) is 0 Å². The molecule has 1 saturated heterocycles. The quantitative estimate of drug-likeness (QED) is 0.635. The van der Waals surface area contributed by atoms with Crippen molar-refractivity contribution in [3.63, 3.8) is 0 Å². The Labute approximate surface area is 169 Å². The first-order valence-electron chi connectivity index (χ1n) is 10.1. The van der Waals surface area contributed by atoms with Gasteiger partial charge in [-0.15, -0.1) is 0 Å². The molecule has 0 bridgehead atoms. The van der Waals surface area contributed by atoms with Crippen molar-refractivity contribution in [3.8, 4) is 0 Å². The van der Waals surface area contributed by atoms with Gasteiger partial charge >= 0.3 is 6.18 Å². The topological polar surface area (TPSA) is 76.5 Å². The lowest BCUT2D eigenvalue weighted by atomic mass is 10.1. The lowest BCUT2D eigenvalue weighted by Gasteiger charge is -2.21. The van der Waals surface area contributed by atoms with Crippen LogP contribution in [-0.2, 0) is 12.6 Å². The fourth-order valence-electron chi connectivity index (χ4n) is 3.99. The van der Waals surface area contributed by atoms with E-state index in [-0.39, 0.29) is 23.3 Å². The van der Waals surface area contributed by atoms with Crippen LogP contribution in [-0.4, -0.2) is 37.1 Å². The highest BCUT2D eigenvalue weighted by Gasteiger charge is 2.39. The number of rotatable bonds is 4. The van der Waals surface area contributed by atoms with Crippen molar-refractivity contribution in [1.29, 1.82) is 0 Å². The summed E-state index contributed by atoms with van der Waals surface area (Å²) in [7, 11) is 0. The van der Waals surface area contributed by atoms with Crippen LogP contribution in [0.2, 0.25) is 0 Å². The Hall–Kier alpha value is -2.91. The molecule has 2 fully saturated rings. The van der Waals surface area contributed by atoms with Gasteiger partial charge in [0, 0.05) is 30.3 Å². The van der Waals surface area contributed by atoms with E-state index in [0.29, 0.717) is 30.8 Å². The number of nitrogens with zero attached hydrogens (tertiary/aromatic N) is 5. The van der Waals surface area contributed by atoms with Crippen LogP contribution in [0.1, 0.15) is 77.9 Å². The third kappa shape index (κ3) is 3.23. The summed E-state index contributed by atoms with van der Waals surface area (Å²) in [5, 5.41) is 7.97. The van der Waals surface area contributed by atoms with Crippen LogP contribution in [0.15, 0.2) is 22.7 Å². The molecule has 10 heteroatoms. The molecule has 1 aliphatic carbocycles. The van der Waals surface area contributed by atoms with Crippen LogP contribution in [0.3, 0.4) is 0 Å². The Balaban J connectivity index is 1.51. The van der Waals surface area contributed by atoms with Crippen molar-refractivity contribution in [1.82, 2.24) is 24.7 Å². The molecule has 1 atom stereocenters. The number of carbonyl (C=O) groups is 1. The highest BCUT2D eigenvalue weighted by atomic mass is 19.4. The van der Waals surface area contributed by atoms with E-state index in [4.69, 9.17) is 4.52 Å². The zero-order valence-corrected chi connectivity index (χ0v) is 16.3. The van der Waals surface area contributed by atoms with Gasteiger partial charge in [-0.3, -0.25) is 4.79 Å². The minimum atomic E-state index is -4.59. The number of fused-ring (bicyclic) bond motifs is 1. The van der Waals surface area contributed by atoms with Gasteiger partial charge in [0.25, 0.3) is 5.91 Å². The maximum atomic E-state index is 13.6. The summed E-state index contributed by atoms with van der Waals surface area (Å²) in [5.41, 5.74) is 0.279. The van der Waals surface area contributed by atoms with E-state index < -0.39 is 17.8 Å². The van der Waals surface area contributed by atoms with Crippen molar-refractivity contribution in [2.75, 3.05) is 6.54 Å². The van der Waals surface area contributed by atoms with E-state index in [1.807, 2.05) is 13.0 Å². The highest BCUT2D eigenvalue weighted by molar-refractivity contribution is 5.93. The normalized spacial score (nSPS) is 19.7. The minimum Gasteiger partial charge on any atom is -0.359 e. The first-order chi connectivity index (χ1) is 14.3. The molecule has 7 nitrogen and oxygen atoms in total. The van der Waals surface area contributed by atoms with Crippen molar-refractivity contribution in [2.24, 2.45) is 0 Å². The smallest absolute Gasteiger partial charge is 0.359 e. The van der Waals surface area contributed by atoms with Crippen molar-refractivity contribution in [3.05, 3.63) is 46.7 Å². The molecule has 1 amide bonds. The molecule has 0 spiro atoms. The molecule has 30 heavy (non-hydrogen) atoms. The van der Waals surface area contributed by atoms with Gasteiger partial charge in [0.05, 0.1) is 11.7 Å². The van der Waals surface area contributed by atoms with Crippen LogP contribution in [0.4, 0.5) is 13.2 Å². The van der Waals surface area contributed by atoms with Gasteiger partial charge in [0.1, 0.15) is 5.69 Å². The molecule has 1 aliphatic heterocycles. The Morgan fingerprint density at radius 2 is 2.03 bits per heavy atom. The molecule has 0 radical (unpaired) electrons. The van der Waals surface area contributed by atoms with Crippen LogP contribution in [0.25, 0.3) is 5.65 Å². The van der Waals surface area contributed by atoms with E-state index in [1.165, 1.54) is 6.07 Å². The number of aromatic nitrogens is 4. The molecule has 4 heterocycles. The number of hydrogen-bond acceptors (Lipinski definition) is 5. The van der Waals surface area contributed by atoms with Crippen molar-refractivity contribution in [2.45, 2.75) is 57.2 Å². The standard InChI is InChI=1S/C20H20F3N5O2/c1-2-12-8-16(30-26-12)15-4-3-7-27(15)19(29)14-10-18-24-13(11-5-6-11)9-17(20(21,22)23)28(18)25-14/h8-11,15H,2-7H2,1H3/t15-/m1/s1. The number of halogens is 3. The summed E-state index contributed by atoms with van der Waals surface area (Å²) >= 11 is 0. The van der Waals surface area contributed by atoms with Gasteiger partial charge in [-0.25, -0.2) is 9.50 Å². The van der Waals surface area contributed by atoms with E-state index in [0.717, 1.165) is 35.5 Å². The molecule has 5 rings (SSSR count). The predicted octanol–water partition coefficient (Wildman–Crippen LogP) is 4.15. The summed E-state index contributed by atoms with van der Waals surface area (Å²) in [6, 6.07) is 3.92. The SMILES string of the molecule is CCc1cc([C@H]2CCCN2C(=O)c2cc3nc(C4CC4)cc(C(F)(F)F)n3n2)on1. The third-order valence-electron chi connectivity index (χ3n) is 5.73. The second kappa shape index (κ2) is 6.82.